The number of nitrogens with two attached hydrogens (primary N) is 1. The number of methoxy groups -OCH3 is 1. The lowest BCUT2D eigenvalue weighted by atomic mass is 10.1. The predicted octanol–water partition coefficient (Wildman–Crippen LogP) is 2.63. The lowest BCUT2D eigenvalue weighted by molar-refractivity contribution is -0.118. The Hall–Kier alpha value is -1.93. The fourth-order valence-corrected chi connectivity index (χ4v) is 2.98. The summed E-state index contributed by atoms with van der Waals surface area (Å²) in [5, 5.41) is 7.79. The molecule has 0 spiro atoms. The molecule has 2 amide bonds. The van der Waals surface area contributed by atoms with Gasteiger partial charge in [0.1, 0.15) is 0 Å². The maximum Gasteiger partial charge on any atom is 0.253 e. The van der Waals surface area contributed by atoms with E-state index in [1.54, 1.807) is 29.5 Å². The summed E-state index contributed by atoms with van der Waals surface area (Å²) in [7, 11) is 1.50. The summed E-state index contributed by atoms with van der Waals surface area (Å²) < 4.78 is 5.09. The molecule has 2 rings (SSSR count). The lowest BCUT2D eigenvalue weighted by Crippen LogP contribution is -2.28. The molecule has 6 nitrogen and oxygen atoms in total. The number of halogens is 1. The molecular formula is C17H20ClN3O3S. The van der Waals surface area contributed by atoms with Gasteiger partial charge in [-0.05, 0) is 29.6 Å². The molecule has 0 aliphatic heterocycles. The second kappa shape index (κ2) is 9.53. The third kappa shape index (κ3) is 5.82. The Balaban J connectivity index is 2.01. The molecule has 25 heavy (non-hydrogen) atoms. The SMILES string of the molecule is COC(CN)CC(=O)Nc1ccc(Cl)c(C(=O)NCc2cccs2)c1. The van der Waals surface area contributed by atoms with E-state index in [1.165, 1.54) is 7.11 Å². The van der Waals surface area contributed by atoms with Crippen LogP contribution in [0.1, 0.15) is 21.7 Å². The maximum atomic E-state index is 12.3. The zero-order valence-corrected chi connectivity index (χ0v) is 15.3. The molecule has 1 heterocycles. The van der Waals surface area contributed by atoms with Crippen LogP contribution in [-0.2, 0) is 16.1 Å². The summed E-state index contributed by atoms with van der Waals surface area (Å²) in [6, 6.07) is 8.62. The van der Waals surface area contributed by atoms with Crippen LogP contribution in [0.25, 0.3) is 0 Å². The number of carbonyl (C=O) groups is 2. The third-order valence-corrected chi connectivity index (χ3v) is 4.71. The normalized spacial score (nSPS) is 11.8. The molecule has 1 atom stereocenters. The third-order valence-electron chi connectivity index (χ3n) is 3.51. The smallest absolute Gasteiger partial charge is 0.253 e. The fraction of sp³-hybridized carbons (Fsp3) is 0.294. The van der Waals surface area contributed by atoms with Crippen LogP contribution in [0.15, 0.2) is 35.7 Å². The van der Waals surface area contributed by atoms with Gasteiger partial charge >= 0.3 is 0 Å². The number of nitrogens with one attached hydrogen (secondary N) is 2. The van der Waals surface area contributed by atoms with Gasteiger partial charge in [-0.25, -0.2) is 0 Å². The van der Waals surface area contributed by atoms with E-state index in [-0.39, 0.29) is 30.9 Å². The van der Waals surface area contributed by atoms with Crippen LogP contribution in [0.5, 0.6) is 0 Å². The first-order valence-corrected chi connectivity index (χ1v) is 8.92. The highest BCUT2D eigenvalue weighted by Gasteiger charge is 2.15. The van der Waals surface area contributed by atoms with Crippen molar-refractivity contribution in [3.05, 3.63) is 51.2 Å². The average Bonchev–Trinajstić information content (AvgIpc) is 3.12. The first-order chi connectivity index (χ1) is 12.0. The van der Waals surface area contributed by atoms with Crippen LogP contribution in [-0.4, -0.2) is 31.6 Å². The van der Waals surface area contributed by atoms with Gasteiger partial charge in [-0.2, -0.15) is 0 Å². The Morgan fingerprint density at radius 1 is 1.36 bits per heavy atom. The molecule has 0 aliphatic rings. The van der Waals surface area contributed by atoms with Gasteiger partial charge in [-0.3, -0.25) is 9.59 Å². The fourth-order valence-electron chi connectivity index (χ4n) is 2.13. The second-order valence-electron chi connectivity index (χ2n) is 5.30. The molecule has 0 fully saturated rings. The number of hydrogen-bond donors (Lipinski definition) is 3. The van der Waals surface area contributed by atoms with Gasteiger partial charge < -0.3 is 21.1 Å². The van der Waals surface area contributed by atoms with Gasteiger partial charge in [-0.1, -0.05) is 17.7 Å². The van der Waals surface area contributed by atoms with Crippen molar-refractivity contribution < 1.29 is 14.3 Å². The van der Waals surface area contributed by atoms with Crippen LogP contribution < -0.4 is 16.4 Å². The number of hydrogen-bond acceptors (Lipinski definition) is 5. The molecule has 1 aromatic carbocycles. The molecule has 1 unspecified atom stereocenters. The average molecular weight is 382 g/mol. The number of benzene rings is 1. The van der Waals surface area contributed by atoms with Gasteiger partial charge in [0, 0.05) is 24.2 Å². The maximum absolute atomic E-state index is 12.3. The second-order valence-corrected chi connectivity index (χ2v) is 6.74. The zero-order chi connectivity index (χ0) is 18.2. The van der Waals surface area contributed by atoms with Crippen LogP contribution >= 0.6 is 22.9 Å². The van der Waals surface area contributed by atoms with Crippen molar-refractivity contribution in [1.82, 2.24) is 5.32 Å². The van der Waals surface area contributed by atoms with Gasteiger partial charge in [0.25, 0.3) is 5.91 Å². The highest BCUT2D eigenvalue weighted by molar-refractivity contribution is 7.09. The topological polar surface area (TPSA) is 93.4 Å². The molecule has 1 aromatic heterocycles. The Kier molecular flexibility index (Phi) is 7.39. The van der Waals surface area contributed by atoms with E-state index in [4.69, 9.17) is 22.1 Å². The Bertz CT molecular complexity index is 718. The van der Waals surface area contributed by atoms with E-state index in [0.717, 1.165) is 4.88 Å². The molecule has 0 saturated carbocycles. The van der Waals surface area contributed by atoms with Crippen LogP contribution in [0.3, 0.4) is 0 Å². The van der Waals surface area contributed by atoms with Crippen molar-refractivity contribution >= 4 is 40.4 Å². The molecule has 134 valence electrons. The van der Waals surface area contributed by atoms with E-state index in [2.05, 4.69) is 10.6 Å². The summed E-state index contributed by atoms with van der Waals surface area (Å²) >= 11 is 7.67. The Morgan fingerprint density at radius 2 is 2.16 bits per heavy atom. The highest BCUT2D eigenvalue weighted by atomic mass is 35.5. The van der Waals surface area contributed by atoms with Crippen LogP contribution in [0, 0.1) is 0 Å². The molecule has 0 aliphatic carbocycles. The van der Waals surface area contributed by atoms with Crippen LogP contribution in [0.4, 0.5) is 5.69 Å². The molecule has 2 aromatic rings. The first kappa shape index (κ1) is 19.4. The molecule has 0 radical (unpaired) electrons. The summed E-state index contributed by atoms with van der Waals surface area (Å²) in [5.41, 5.74) is 6.30. The van der Waals surface area contributed by atoms with Gasteiger partial charge in [0.2, 0.25) is 5.91 Å². The molecule has 0 bridgehead atoms. The number of thiophene rings is 1. The van der Waals surface area contributed by atoms with Crippen molar-refractivity contribution in [2.45, 2.75) is 19.1 Å². The number of rotatable bonds is 8. The Labute approximate surface area is 155 Å². The van der Waals surface area contributed by atoms with Crippen LogP contribution in [0.2, 0.25) is 5.02 Å². The summed E-state index contributed by atoms with van der Waals surface area (Å²) in [5.74, 6) is -0.546. The van der Waals surface area contributed by atoms with E-state index in [9.17, 15) is 9.59 Å². The van der Waals surface area contributed by atoms with Crippen molar-refractivity contribution in [1.29, 1.82) is 0 Å². The van der Waals surface area contributed by atoms with Gasteiger partial charge in [0.05, 0.1) is 29.7 Å². The molecular weight excluding hydrogens is 362 g/mol. The first-order valence-electron chi connectivity index (χ1n) is 7.66. The van der Waals surface area contributed by atoms with E-state index in [0.29, 0.717) is 22.8 Å². The largest absolute Gasteiger partial charge is 0.380 e. The van der Waals surface area contributed by atoms with E-state index >= 15 is 0 Å². The molecule has 4 N–H and O–H groups in total. The number of anilines is 1. The monoisotopic (exact) mass is 381 g/mol. The van der Waals surface area contributed by atoms with Crippen molar-refractivity contribution in [2.75, 3.05) is 19.0 Å². The summed E-state index contributed by atoms with van der Waals surface area (Å²) in [6.07, 6.45) is -0.212. The quantitative estimate of drug-likeness (QED) is 0.655. The minimum atomic E-state index is -0.346. The standard InChI is InChI=1S/C17H20ClN3O3S/c1-24-12(9-19)8-16(22)21-11-4-5-15(18)14(7-11)17(23)20-10-13-3-2-6-25-13/h2-7,12H,8-10,19H2,1H3,(H,20,23)(H,21,22). The van der Waals surface area contributed by atoms with Gasteiger partial charge in [-0.15, -0.1) is 11.3 Å². The van der Waals surface area contributed by atoms with Gasteiger partial charge in [0.15, 0.2) is 0 Å². The Morgan fingerprint density at radius 3 is 2.80 bits per heavy atom. The lowest BCUT2D eigenvalue weighted by Gasteiger charge is -2.13. The predicted molar refractivity (Wildman–Crippen MR) is 100 cm³/mol. The van der Waals surface area contributed by atoms with E-state index < -0.39 is 0 Å². The van der Waals surface area contributed by atoms with E-state index in [1.807, 2.05) is 17.5 Å². The molecule has 8 heteroatoms. The van der Waals surface area contributed by atoms with Crippen molar-refractivity contribution in [3.8, 4) is 0 Å². The minimum Gasteiger partial charge on any atom is -0.380 e. The van der Waals surface area contributed by atoms with Crippen molar-refractivity contribution in [3.63, 3.8) is 0 Å². The van der Waals surface area contributed by atoms with Crippen molar-refractivity contribution in [2.24, 2.45) is 5.73 Å². The number of carbonyl (C=O) groups excluding carboxylic acids is 2. The molecule has 0 saturated heterocycles. The summed E-state index contributed by atoms with van der Waals surface area (Å²) in [6.45, 7) is 0.677. The number of ether oxygens (including phenoxy) is 1. The summed E-state index contributed by atoms with van der Waals surface area (Å²) in [4.78, 5) is 25.4. The minimum absolute atomic E-state index is 0.134. The zero-order valence-electron chi connectivity index (χ0n) is 13.8. The number of amides is 2. The highest BCUT2D eigenvalue weighted by Crippen LogP contribution is 2.21.